The summed E-state index contributed by atoms with van der Waals surface area (Å²) in [7, 11) is 0. The lowest BCUT2D eigenvalue weighted by Crippen LogP contribution is -2.53. The number of carbonyl (C=O) groups excluding carboxylic acids is 1. The summed E-state index contributed by atoms with van der Waals surface area (Å²) in [4.78, 5) is 16.7. The lowest BCUT2D eigenvalue weighted by molar-refractivity contribution is -0.125. The fourth-order valence-electron chi connectivity index (χ4n) is 4.04. The molecule has 28 heavy (non-hydrogen) atoms. The second-order valence-electron chi connectivity index (χ2n) is 7.55. The van der Waals surface area contributed by atoms with Gasteiger partial charge in [0.05, 0.1) is 0 Å². The third-order valence-corrected chi connectivity index (χ3v) is 5.76. The van der Waals surface area contributed by atoms with Crippen LogP contribution in [0, 0.1) is 5.92 Å². The van der Waals surface area contributed by atoms with Crippen molar-refractivity contribution in [1.82, 2.24) is 15.6 Å². The van der Waals surface area contributed by atoms with E-state index in [1.807, 2.05) is 18.2 Å². The minimum Gasteiger partial charge on any atom is -0.508 e. The minimum absolute atomic E-state index is 0.0883. The maximum atomic E-state index is 12.7. The number of hydrogen-bond acceptors (Lipinski definition) is 5. The first-order chi connectivity index (χ1) is 13.6. The molecule has 2 heterocycles. The number of aromatic nitrogens is 1. The first-order valence-corrected chi connectivity index (χ1v) is 10.0. The summed E-state index contributed by atoms with van der Waals surface area (Å²) >= 11 is 0. The zero-order chi connectivity index (χ0) is 19.8. The van der Waals surface area contributed by atoms with Crippen molar-refractivity contribution in [3.05, 3.63) is 59.9 Å². The van der Waals surface area contributed by atoms with Crippen molar-refractivity contribution in [2.45, 2.75) is 37.6 Å². The molecule has 1 atom stereocenters. The van der Waals surface area contributed by atoms with Gasteiger partial charge < -0.3 is 16.2 Å². The summed E-state index contributed by atoms with van der Waals surface area (Å²) < 4.78 is 0. The van der Waals surface area contributed by atoms with Gasteiger partial charge in [0, 0.05) is 18.0 Å². The van der Waals surface area contributed by atoms with E-state index < -0.39 is 11.4 Å². The monoisotopic (exact) mass is 382 g/mol. The van der Waals surface area contributed by atoms with Crippen LogP contribution in [-0.2, 0) is 16.8 Å². The third kappa shape index (κ3) is 4.88. The molecule has 1 fully saturated rings. The van der Waals surface area contributed by atoms with Crippen LogP contribution in [0.1, 0.15) is 36.8 Å². The molecule has 0 bridgehead atoms. The first kappa shape index (κ1) is 20.3. The fourth-order valence-corrected chi connectivity index (χ4v) is 4.04. The molecule has 1 aliphatic heterocycles. The molecule has 0 saturated carbocycles. The van der Waals surface area contributed by atoms with E-state index in [9.17, 15) is 9.90 Å². The van der Waals surface area contributed by atoms with Crippen LogP contribution < -0.4 is 16.4 Å². The molecule has 0 radical (unpaired) electrons. The summed E-state index contributed by atoms with van der Waals surface area (Å²) in [6.45, 7) is 2.78. The Morgan fingerprint density at radius 3 is 2.61 bits per heavy atom. The van der Waals surface area contributed by atoms with E-state index in [0.717, 1.165) is 37.9 Å². The number of nitrogens with two attached hydrogens (primary N) is 1. The van der Waals surface area contributed by atoms with Crippen LogP contribution in [0.4, 0.5) is 0 Å². The number of rotatable bonds is 9. The number of phenolic OH excluding ortho intramolecular Hbond substituents is 1. The summed E-state index contributed by atoms with van der Waals surface area (Å²) in [5.74, 6) is 0.266. The van der Waals surface area contributed by atoms with Gasteiger partial charge in [-0.25, -0.2) is 0 Å². The maximum Gasteiger partial charge on any atom is 0.242 e. The third-order valence-electron chi connectivity index (χ3n) is 5.76. The van der Waals surface area contributed by atoms with Gasteiger partial charge in [-0.2, -0.15) is 0 Å². The predicted octanol–water partition coefficient (Wildman–Crippen LogP) is 2.08. The van der Waals surface area contributed by atoms with Gasteiger partial charge in [-0.3, -0.25) is 15.1 Å². The summed E-state index contributed by atoms with van der Waals surface area (Å²) in [6.07, 6.45) is 7.89. The smallest absolute Gasteiger partial charge is 0.242 e. The van der Waals surface area contributed by atoms with Crippen LogP contribution in [0.25, 0.3) is 0 Å². The average Bonchev–Trinajstić information content (AvgIpc) is 2.72. The Balaban J connectivity index is 1.80. The molecule has 1 saturated heterocycles. The highest BCUT2D eigenvalue weighted by Gasteiger charge is 2.39. The van der Waals surface area contributed by atoms with E-state index in [0.29, 0.717) is 30.9 Å². The zero-order valence-electron chi connectivity index (χ0n) is 16.2. The van der Waals surface area contributed by atoms with Crippen molar-refractivity contribution < 1.29 is 9.90 Å². The SMILES string of the molecule is NC(=O)C(CCc1ccncc1)(NCCC1CCNCC1)c1ccccc1O. The normalized spacial score (nSPS) is 17.1. The lowest BCUT2D eigenvalue weighted by atomic mass is 9.82. The highest BCUT2D eigenvalue weighted by atomic mass is 16.3. The summed E-state index contributed by atoms with van der Waals surface area (Å²) in [5, 5.41) is 17.3. The molecule has 3 rings (SSSR count). The number of primary amides is 1. The van der Waals surface area contributed by atoms with Crippen LogP contribution in [0.5, 0.6) is 5.75 Å². The molecule has 1 unspecified atom stereocenters. The second kappa shape index (κ2) is 9.66. The molecule has 2 aromatic rings. The van der Waals surface area contributed by atoms with Crippen LogP contribution in [0.15, 0.2) is 48.8 Å². The predicted molar refractivity (Wildman–Crippen MR) is 110 cm³/mol. The molecule has 1 amide bonds. The molecular weight excluding hydrogens is 352 g/mol. The Kier molecular flexibility index (Phi) is 7.01. The number of pyridine rings is 1. The Morgan fingerprint density at radius 1 is 1.21 bits per heavy atom. The van der Waals surface area contributed by atoms with Crippen molar-refractivity contribution in [2.75, 3.05) is 19.6 Å². The Bertz CT molecular complexity index is 762. The second-order valence-corrected chi connectivity index (χ2v) is 7.55. The molecule has 150 valence electrons. The highest BCUT2D eigenvalue weighted by molar-refractivity contribution is 5.87. The number of carbonyl (C=O) groups is 1. The van der Waals surface area contributed by atoms with E-state index in [-0.39, 0.29) is 5.75 Å². The van der Waals surface area contributed by atoms with Gasteiger partial charge in [-0.05, 0) is 81.4 Å². The number of phenols is 1. The van der Waals surface area contributed by atoms with Gasteiger partial charge in [-0.15, -0.1) is 0 Å². The molecule has 1 aromatic heterocycles. The summed E-state index contributed by atoms with van der Waals surface area (Å²) in [6, 6.07) is 10.8. The molecule has 0 aliphatic carbocycles. The Morgan fingerprint density at radius 2 is 1.93 bits per heavy atom. The Hall–Kier alpha value is -2.44. The maximum absolute atomic E-state index is 12.7. The zero-order valence-corrected chi connectivity index (χ0v) is 16.2. The number of aromatic hydroxyl groups is 1. The first-order valence-electron chi connectivity index (χ1n) is 10.0. The number of nitrogens with zero attached hydrogens (tertiary/aromatic N) is 1. The van der Waals surface area contributed by atoms with E-state index in [1.165, 1.54) is 0 Å². The van der Waals surface area contributed by atoms with Gasteiger partial charge in [0.25, 0.3) is 0 Å². The number of nitrogens with one attached hydrogen (secondary N) is 2. The average molecular weight is 383 g/mol. The van der Waals surface area contributed by atoms with Crippen LogP contribution in [-0.4, -0.2) is 35.6 Å². The van der Waals surface area contributed by atoms with E-state index in [4.69, 9.17) is 5.73 Å². The number of hydrogen-bond donors (Lipinski definition) is 4. The van der Waals surface area contributed by atoms with Crippen LogP contribution >= 0.6 is 0 Å². The highest BCUT2D eigenvalue weighted by Crippen LogP contribution is 2.33. The molecular formula is C22H30N4O2. The molecule has 6 heteroatoms. The lowest BCUT2D eigenvalue weighted by Gasteiger charge is -2.34. The topological polar surface area (TPSA) is 100 Å². The van der Waals surface area contributed by atoms with Gasteiger partial charge in [-0.1, -0.05) is 18.2 Å². The minimum atomic E-state index is -1.11. The largest absolute Gasteiger partial charge is 0.508 e. The molecule has 0 spiro atoms. The van der Waals surface area contributed by atoms with Crippen molar-refractivity contribution in [1.29, 1.82) is 0 Å². The van der Waals surface area contributed by atoms with Crippen molar-refractivity contribution >= 4 is 5.91 Å². The van der Waals surface area contributed by atoms with Crippen LogP contribution in [0.3, 0.4) is 0 Å². The van der Waals surface area contributed by atoms with E-state index in [1.54, 1.807) is 30.6 Å². The molecule has 1 aliphatic rings. The van der Waals surface area contributed by atoms with Crippen LogP contribution in [0.2, 0.25) is 0 Å². The van der Waals surface area contributed by atoms with Crippen molar-refractivity contribution in [3.63, 3.8) is 0 Å². The van der Waals surface area contributed by atoms with E-state index in [2.05, 4.69) is 15.6 Å². The summed E-state index contributed by atoms with van der Waals surface area (Å²) in [5.41, 5.74) is 6.43. The number of para-hydroxylation sites is 1. The van der Waals surface area contributed by atoms with Gasteiger partial charge in [0.15, 0.2) is 0 Å². The van der Waals surface area contributed by atoms with E-state index >= 15 is 0 Å². The Labute approximate surface area is 166 Å². The number of piperidine rings is 1. The standard InChI is InChI=1S/C22H30N4O2/c23-21(28)22(19-3-1-2-4-20(19)27,11-5-17-6-12-24-13-7-17)26-16-10-18-8-14-25-15-9-18/h1-4,6-7,12-13,18,25-27H,5,8-11,14-16H2,(H2,23,28). The van der Waals surface area contributed by atoms with Gasteiger partial charge >= 0.3 is 0 Å². The quantitative estimate of drug-likeness (QED) is 0.532. The van der Waals surface area contributed by atoms with Gasteiger partial charge in [0.1, 0.15) is 11.3 Å². The van der Waals surface area contributed by atoms with Crippen molar-refractivity contribution in [2.24, 2.45) is 11.7 Å². The molecule has 6 nitrogen and oxygen atoms in total. The number of amides is 1. The van der Waals surface area contributed by atoms with Crippen molar-refractivity contribution in [3.8, 4) is 5.75 Å². The fraction of sp³-hybridized carbons (Fsp3) is 0.455. The molecule has 5 N–H and O–H groups in total. The molecule has 1 aromatic carbocycles. The number of aryl methyl sites for hydroxylation is 1. The number of benzene rings is 1. The van der Waals surface area contributed by atoms with Gasteiger partial charge in [0.2, 0.25) is 5.91 Å².